The summed E-state index contributed by atoms with van der Waals surface area (Å²) in [6.45, 7) is 4.32. The Morgan fingerprint density at radius 2 is 1.75 bits per heavy atom. The summed E-state index contributed by atoms with van der Waals surface area (Å²) >= 11 is 0. The third-order valence-corrected chi connectivity index (χ3v) is 4.05. The minimum Gasteiger partial charge on any atom is -0.481 e. The van der Waals surface area contributed by atoms with Gasteiger partial charge in [-0.15, -0.1) is 0 Å². The zero-order valence-corrected chi connectivity index (χ0v) is 12.1. The van der Waals surface area contributed by atoms with E-state index >= 15 is 0 Å². The van der Waals surface area contributed by atoms with Crippen molar-refractivity contribution in [3.63, 3.8) is 0 Å². The number of Topliss-reactive ketones (excluding diaryl/α,β-unsaturated/α-hetero) is 1. The average Bonchev–Trinajstić information content (AvgIpc) is 2.87. The van der Waals surface area contributed by atoms with Crippen molar-refractivity contribution in [1.82, 2.24) is 0 Å². The van der Waals surface area contributed by atoms with Gasteiger partial charge in [-0.1, -0.05) is 44.5 Å². The second-order valence-corrected chi connectivity index (χ2v) is 6.14. The van der Waals surface area contributed by atoms with Gasteiger partial charge < -0.3 is 5.11 Å². The first-order chi connectivity index (χ1) is 9.49. The molecule has 2 rings (SSSR count). The second-order valence-electron chi connectivity index (χ2n) is 6.14. The molecule has 1 aliphatic carbocycles. The Labute approximate surface area is 120 Å². The van der Waals surface area contributed by atoms with Gasteiger partial charge in [0.15, 0.2) is 5.78 Å². The largest absolute Gasteiger partial charge is 0.481 e. The molecule has 2 atom stereocenters. The lowest BCUT2D eigenvalue weighted by Crippen LogP contribution is -2.25. The lowest BCUT2D eigenvalue weighted by Gasteiger charge is -2.15. The van der Waals surface area contributed by atoms with E-state index in [1.165, 1.54) is 5.56 Å². The molecule has 1 fully saturated rings. The molecule has 1 aromatic rings. The predicted octanol–water partition coefficient (Wildman–Crippen LogP) is 3.57. The van der Waals surface area contributed by atoms with Crippen LogP contribution in [0.4, 0.5) is 0 Å². The highest BCUT2D eigenvalue weighted by Gasteiger charge is 2.37. The van der Waals surface area contributed by atoms with Crippen molar-refractivity contribution in [2.45, 2.75) is 39.5 Å². The monoisotopic (exact) mass is 274 g/mol. The first kappa shape index (κ1) is 14.8. The van der Waals surface area contributed by atoms with E-state index in [-0.39, 0.29) is 11.7 Å². The van der Waals surface area contributed by atoms with Gasteiger partial charge >= 0.3 is 5.97 Å². The minimum atomic E-state index is -0.836. The summed E-state index contributed by atoms with van der Waals surface area (Å²) in [5, 5.41) is 9.17. The summed E-state index contributed by atoms with van der Waals surface area (Å²) in [6.07, 6.45) is 3.15. The van der Waals surface area contributed by atoms with Gasteiger partial charge in [0.1, 0.15) is 0 Å². The standard InChI is InChI=1S/C17H22O3/c1-11(2)10-12-6-8-13(9-7-12)16(18)14-4-3-5-15(14)17(19)20/h6-9,11,14-15H,3-5,10H2,1-2H3,(H,19,20). The van der Waals surface area contributed by atoms with Crippen molar-refractivity contribution in [2.24, 2.45) is 17.8 Å². The quantitative estimate of drug-likeness (QED) is 0.835. The molecular weight excluding hydrogens is 252 g/mol. The Hall–Kier alpha value is -1.64. The molecule has 108 valence electrons. The molecule has 0 amide bonds. The van der Waals surface area contributed by atoms with Crippen LogP contribution in [-0.4, -0.2) is 16.9 Å². The van der Waals surface area contributed by atoms with E-state index in [1.807, 2.05) is 24.3 Å². The number of aliphatic carboxylic acids is 1. The lowest BCUT2D eigenvalue weighted by atomic mass is 9.88. The topological polar surface area (TPSA) is 54.4 Å². The predicted molar refractivity (Wildman–Crippen MR) is 77.8 cm³/mol. The van der Waals surface area contributed by atoms with E-state index in [2.05, 4.69) is 13.8 Å². The maximum atomic E-state index is 12.4. The number of benzene rings is 1. The zero-order chi connectivity index (χ0) is 14.7. The van der Waals surface area contributed by atoms with Crippen molar-refractivity contribution in [3.8, 4) is 0 Å². The fourth-order valence-corrected chi connectivity index (χ4v) is 3.06. The molecule has 0 aromatic heterocycles. The van der Waals surface area contributed by atoms with E-state index in [9.17, 15) is 14.7 Å². The molecule has 0 heterocycles. The second kappa shape index (κ2) is 6.21. The molecule has 0 spiro atoms. The number of ketones is 1. The number of carboxylic acids is 1. The number of hydrogen-bond acceptors (Lipinski definition) is 2. The van der Waals surface area contributed by atoms with Crippen LogP contribution < -0.4 is 0 Å². The van der Waals surface area contributed by atoms with Crippen LogP contribution in [0.15, 0.2) is 24.3 Å². The van der Waals surface area contributed by atoms with Gasteiger partial charge in [-0.2, -0.15) is 0 Å². The summed E-state index contributed by atoms with van der Waals surface area (Å²) < 4.78 is 0. The molecule has 1 saturated carbocycles. The molecule has 2 unspecified atom stereocenters. The van der Waals surface area contributed by atoms with Crippen LogP contribution in [-0.2, 0) is 11.2 Å². The Morgan fingerprint density at radius 1 is 1.15 bits per heavy atom. The van der Waals surface area contributed by atoms with Gasteiger partial charge in [-0.25, -0.2) is 0 Å². The van der Waals surface area contributed by atoms with Crippen LogP contribution in [0.1, 0.15) is 49.0 Å². The summed E-state index contributed by atoms with van der Waals surface area (Å²) in [4.78, 5) is 23.6. The number of carboxylic acid groups (broad SMARTS) is 1. The first-order valence-electron chi connectivity index (χ1n) is 7.35. The third kappa shape index (κ3) is 3.27. The van der Waals surface area contributed by atoms with Crippen LogP contribution >= 0.6 is 0 Å². The minimum absolute atomic E-state index is 0.00834. The van der Waals surface area contributed by atoms with E-state index in [0.29, 0.717) is 24.3 Å². The van der Waals surface area contributed by atoms with Crippen molar-refractivity contribution >= 4 is 11.8 Å². The van der Waals surface area contributed by atoms with Gasteiger partial charge in [0, 0.05) is 11.5 Å². The Morgan fingerprint density at radius 3 is 2.30 bits per heavy atom. The number of rotatable bonds is 5. The van der Waals surface area contributed by atoms with E-state index in [1.54, 1.807) is 0 Å². The van der Waals surface area contributed by atoms with Crippen molar-refractivity contribution in [1.29, 1.82) is 0 Å². The van der Waals surface area contributed by atoms with E-state index in [4.69, 9.17) is 0 Å². The summed E-state index contributed by atoms with van der Waals surface area (Å²) in [5.74, 6) is -1.10. The lowest BCUT2D eigenvalue weighted by molar-refractivity contribution is -0.142. The number of hydrogen-bond donors (Lipinski definition) is 1. The van der Waals surface area contributed by atoms with Crippen LogP contribution in [0.3, 0.4) is 0 Å². The highest BCUT2D eigenvalue weighted by molar-refractivity contribution is 6.00. The molecule has 3 nitrogen and oxygen atoms in total. The van der Waals surface area contributed by atoms with Crippen LogP contribution in [0.25, 0.3) is 0 Å². The molecule has 1 N–H and O–H groups in total. The van der Waals surface area contributed by atoms with E-state index < -0.39 is 11.9 Å². The van der Waals surface area contributed by atoms with Crippen molar-refractivity contribution in [2.75, 3.05) is 0 Å². The molecule has 0 radical (unpaired) electrons. The van der Waals surface area contributed by atoms with Gasteiger partial charge in [-0.05, 0) is 30.7 Å². The van der Waals surface area contributed by atoms with Gasteiger partial charge in [-0.3, -0.25) is 9.59 Å². The molecule has 3 heteroatoms. The van der Waals surface area contributed by atoms with Gasteiger partial charge in [0.05, 0.1) is 5.92 Å². The molecule has 0 aliphatic heterocycles. The highest BCUT2D eigenvalue weighted by Crippen LogP contribution is 2.34. The number of carbonyl (C=O) groups excluding carboxylic acids is 1. The summed E-state index contributed by atoms with van der Waals surface area (Å²) in [7, 11) is 0. The molecular formula is C17H22O3. The van der Waals surface area contributed by atoms with E-state index in [0.717, 1.165) is 12.8 Å². The fourth-order valence-electron chi connectivity index (χ4n) is 3.06. The molecule has 0 saturated heterocycles. The molecule has 0 bridgehead atoms. The van der Waals surface area contributed by atoms with Crippen LogP contribution in [0.2, 0.25) is 0 Å². The smallest absolute Gasteiger partial charge is 0.307 e. The highest BCUT2D eigenvalue weighted by atomic mass is 16.4. The molecule has 1 aromatic carbocycles. The third-order valence-electron chi connectivity index (χ3n) is 4.05. The van der Waals surface area contributed by atoms with Gasteiger partial charge in [0.2, 0.25) is 0 Å². The maximum absolute atomic E-state index is 12.4. The summed E-state index contributed by atoms with van der Waals surface area (Å²) in [5.41, 5.74) is 1.87. The Balaban J connectivity index is 2.11. The molecule has 1 aliphatic rings. The maximum Gasteiger partial charge on any atom is 0.307 e. The normalized spacial score (nSPS) is 22.1. The van der Waals surface area contributed by atoms with Crippen molar-refractivity contribution in [3.05, 3.63) is 35.4 Å². The van der Waals surface area contributed by atoms with Gasteiger partial charge in [0.25, 0.3) is 0 Å². The SMILES string of the molecule is CC(C)Cc1ccc(C(=O)C2CCCC2C(=O)O)cc1. The van der Waals surface area contributed by atoms with Crippen LogP contribution in [0.5, 0.6) is 0 Å². The average molecular weight is 274 g/mol. The zero-order valence-electron chi connectivity index (χ0n) is 12.1. The number of carbonyl (C=O) groups is 2. The van der Waals surface area contributed by atoms with Crippen LogP contribution in [0, 0.1) is 17.8 Å². The first-order valence-corrected chi connectivity index (χ1v) is 7.35. The summed E-state index contributed by atoms with van der Waals surface area (Å²) in [6, 6.07) is 7.66. The van der Waals surface area contributed by atoms with Crippen molar-refractivity contribution < 1.29 is 14.7 Å². The Bertz CT molecular complexity index is 487. The Kier molecular flexibility index (Phi) is 4.58. The molecule has 20 heavy (non-hydrogen) atoms. The fraction of sp³-hybridized carbons (Fsp3) is 0.529.